The van der Waals surface area contributed by atoms with Gasteiger partial charge in [0.05, 0.1) is 16.2 Å². The molecule has 0 radical (unpaired) electrons. The summed E-state index contributed by atoms with van der Waals surface area (Å²) in [6.45, 7) is 0. The highest BCUT2D eigenvalue weighted by molar-refractivity contribution is 6.08. The number of nitro groups is 1. The summed E-state index contributed by atoms with van der Waals surface area (Å²) in [4.78, 5) is 36.0. The highest BCUT2D eigenvalue weighted by Gasteiger charge is 2.16. The Labute approximate surface area is 119 Å². The number of carbonyl (C=O) groups is 1. The van der Waals surface area contributed by atoms with Crippen LogP contribution in [0.4, 0.5) is 17.1 Å². The van der Waals surface area contributed by atoms with Gasteiger partial charge in [-0.3, -0.25) is 14.9 Å². The van der Waals surface area contributed by atoms with Crippen molar-refractivity contribution >= 4 is 29.0 Å². The van der Waals surface area contributed by atoms with Crippen molar-refractivity contribution in [2.24, 2.45) is 4.99 Å². The summed E-state index contributed by atoms with van der Waals surface area (Å²) < 4.78 is 0. The van der Waals surface area contributed by atoms with Crippen molar-refractivity contribution in [3.05, 3.63) is 64.2 Å². The van der Waals surface area contributed by atoms with Gasteiger partial charge in [-0.2, -0.15) is 4.99 Å². The maximum absolute atomic E-state index is 12.2. The van der Waals surface area contributed by atoms with Crippen LogP contribution in [0.2, 0.25) is 0 Å². The van der Waals surface area contributed by atoms with Crippen molar-refractivity contribution < 1.29 is 14.5 Å². The van der Waals surface area contributed by atoms with Gasteiger partial charge in [-0.25, -0.2) is 4.79 Å². The highest BCUT2D eigenvalue weighted by Crippen LogP contribution is 2.25. The molecule has 2 rings (SSSR count). The lowest BCUT2D eigenvalue weighted by molar-refractivity contribution is -0.384. The second-order valence-corrected chi connectivity index (χ2v) is 3.98. The van der Waals surface area contributed by atoms with Gasteiger partial charge in [-0.05, 0) is 18.2 Å². The summed E-state index contributed by atoms with van der Waals surface area (Å²) in [7, 11) is 0. The summed E-state index contributed by atoms with van der Waals surface area (Å²) in [6, 6.07) is 12.0. The van der Waals surface area contributed by atoms with Crippen LogP contribution in [-0.2, 0) is 4.79 Å². The van der Waals surface area contributed by atoms with Crippen molar-refractivity contribution in [1.29, 1.82) is 0 Å². The van der Waals surface area contributed by atoms with E-state index < -0.39 is 10.8 Å². The Morgan fingerprint density at radius 2 is 1.90 bits per heavy atom. The first-order chi connectivity index (χ1) is 10.1. The Bertz CT molecular complexity index is 737. The number of hydrogen-bond donors (Lipinski definition) is 1. The molecular formula is C14H9N3O4. The number of rotatable bonds is 4. The van der Waals surface area contributed by atoms with Gasteiger partial charge < -0.3 is 5.32 Å². The molecule has 0 atom stereocenters. The maximum atomic E-state index is 12.2. The quantitative estimate of drug-likeness (QED) is 0.403. The van der Waals surface area contributed by atoms with Crippen LogP contribution < -0.4 is 5.32 Å². The molecule has 0 aliphatic rings. The molecule has 1 N–H and O–H groups in total. The third-order valence-electron chi connectivity index (χ3n) is 2.63. The molecule has 2 aromatic rings. The number of non-ortho nitro benzene ring substituents is 1. The number of isocyanates is 1. The summed E-state index contributed by atoms with van der Waals surface area (Å²) in [5.74, 6) is -0.598. The van der Waals surface area contributed by atoms with Crippen molar-refractivity contribution in [2.75, 3.05) is 5.32 Å². The van der Waals surface area contributed by atoms with Gasteiger partial charge in [0.1, 0.15) is 0 Å². The minimum atomic E-state index is -0.631. The number of benzene rings is 2. The van der Waals surface area contributed by atoms with Crippen LogP contribution in [0.3, 0.4) is 0 Å². The molecule has 0 spiro atoms. The fourth-order valence-corrected chi connectivity index (χ4v) is 1.69. The Balaban J connectivity index is 2.40. The fourth-order valence-electron chi connectivity index (χ4n) is 1.69. The molecule has 7 nitrogen and oxygen atoms in total. The molecule has 0 fully saturated rings. The number of carbonyl (C=O) groups excluding carboxylic acids is 2. The van der Waals surface area contributed by atoms with Gasteiger partial charge in [-0.15, -0.1) is 0 Å². The van der Waals surface area contributed by atoms with Crippen LogP contribution in [0.15, 0.2) is 53.5 Å². The number of aliphatic imine (C=N–C) groups is 1. The van der Waals surface area contributed by atoms with Crippen LogP contribution in [0, 0.1) is 10.1 Å². The monoisotopic (exact) mass is 283 g/mol. The Hall–Kier alpha value is -3.31. The van der Waals surface area contributed by atoms with Gasteiger partial charge in [-0.1, -0.05) is 18.2 Å². The van der Waals surface area contributed by atoms with E-state index in [1.165, 1.54) is 12.1 Å². The molecule has 0 heterocycles. The van der Waals surface area contributed by atoms with Crippen molar-refractivity contribution in [2.45, 2.75) is 0 Å². The Morgan fingerprint density at radius 1 is 1.19 bits per heavy atom. The van der Waals surface area contributed by atoms with Crippen molar-refractivity contribution in [1.82, 2.24) is 0 Å². The topological polar surface area (TPSA) is 102 Å². The number of hydrogen-bond acceptors (Lipinski definition) is 5. The molecule has 7 heteroatoms. The van der Waals surface area contributed by atoms with Crippen LogP contribution in [0.5, 0.6) is 0 Å². The van der Waals surface area contributed by atoms with Crippen LogP contribution in [0.1, 0.15) is 10.4 Å². The summed E-state index contributed by atoms with van der Waals surface area (Å²) in [5, 5.41) is 13.3. The average molecular weight is 283 g/mol. The fraction of sp³-hybridized carbons (Fsp3) is 0. The molecule has 0 unspecified atom stereocenters. The third-order valence-corrected chi connectivity index (χ3v) is 2.63. The molecule has 0 saturated heterocycles. The zero-order valence-corrected chi connectivity index (χ0v) is 10.6. The van der Waals surface area contributed by atoms with Gasteiger partial charge in [0.2, 0.25) is 6.08 Å². The van der Waals surface area contributed by atoms with E-state index in [-0.39, 0.29) is 16.9 Å². The lowest BCUT2D eigenvalue weighted by Gasteiger charge is -2.06. The van der Waals surface area contributed by atoms with E-state index in [4.69, 9.17) is 0 Å². The minimum Gasteiger partial charge on any atom is -0.322 e. The summed E-state index contributed by atoms with van der Waals surface area (Å²) in [5.41, 5.74) is 0.202. The van der Waals surface area contributed by atoms with Crippen molar-refractivity contribution in [3.8, 4) is 0 Å². The summed E-state index contributed by atoms with van der Waals surface area (Å²) >= 11 is 0. The van der Waals surface area contributed by atoms with E-state index in [1.54, 1.807) is 30.3 Å². The standard InChI is InChI=1S/C14H9N3O4/c18-9-15-13-7-6-11(17(20)21)8-12(13)14(19)16-10-4-2-1-3-5-10/h1-8H,(H,16,19). The number of nitro benzene ring substituents is 1. The van der Waals surface area contributed by atoms with Crippen molar-refractivity contribution in [3.63, 3.8) is 0 Å². The predicted molar refractivity (Wildman–Crippen MR) is 75.3 cm³/mol. The Kier molecular flexibility index (Phi) is 4.18. The molecule has 0 aliphatic carbocycles. The van der Waals surface area contributed by atoms with Gasteiger partial charge in [0.15, 0.2) is 0 Å². The number of anilines is 1. The molecular weight excluding hydrogens is 274 g/mol. The van der Waals surface area contributed by atoms with Gasteiger partial charge >= 0.3 is 0 Å². The van der Waals surface area contributed by atoms with Gasteiger partial charge in [0.25, 0.3) is 11.6 Å². The number of nitrogens with one attached hydrogen (secondary N) is 1. The lowest BCUT2D eigenvalue weighted by atomic mass is 10.1. The molecule has 0 bridgehead atoms. The minimum absolute atomic E-state index is 0.0176. The third kappa shape index (κ3) is 3.37. The molecule has 0 aliphatic heterocycles. The smallest absolute Gasteiger partial charge is 0.270 e. The maximum Gasteiger partial charge on any atom is 0.270 e. The van der Waals surface area contributed by atoms with Crippen LogP contribution in [-0.4, -0.2) is 16.9 Å². The molecule has 0 saturated carbocycles. The lowest BCUT2D eigenvalue weighted by Crippen LogP contribution is -2.12. The number of nitrogens with zero attached hydrogens (tertiary/aromatic N) is 2. The first kappa shape index (κ1) is 14.1. The number of para-hydroxylation sites is 1. The molecule has 2 aromatic carbocycles. The normalized spacial score (nSPS) is 9.52. The molecule has 1 amide bonds. The molecule has 21 heavy (non-hydrogen) atoms. The number of amides is 1. The molecule has 104 valence electrons. The van der Waals surface area contributed by atoms with E-state index in [0.29, 0.717) is 5.69 Å². The van der Waals surface area contributed by atoms with E-state index in [0.717, 1.165) is 12.1 Å². The average Bonchev–Trinajstić information content (AvgIpc) is 2.48. The first-order valence-corrected chi connectivity index (χ1v) is 5.84. The summed E-state index contributed by atoms with van der Waals surface area (Å²) in [6.07, 6.45) is 1.32. The predicted octanol–water partition coefficient (Wildman–Crippen LogP) is 2.81. The second-order valence-electron chi connectivity index (χ2n) is 3.98. The van der Waals surface area contributed by atoms with Crippen LogP contribution in [0.25, 0.3) is 0 Å². The second kappa shape index (κ2) is 6.23. The SMILES string of the molecule is O=C=Nc1ccc([N+](=O)[O-])cc1C(=O)Nc1ccccc1. The zero-order chi connectivity index (χ0) is 15.2. The van der Waals surface area contributed by atoms with E-state index in [9.17, 15) is 19.7 Å². The highest BCUT2D eigenvalue weighted by atomic mass is 16.6. The zero-order valence-electron chi connectivity index (χ0n) is 10.6. The van der Waals surface area contributed by atoms with Crippen LogP contribution >= 0.6 is 0 Å². The molecule has 0 aromatic heterocycles. The van der Waals surface area contributed by atoms with E-state index in [1.807, 2.05) is 0 Å². The van der Waals surface area contributed by atoms with Gasteiger partial charge in [0, 0.05) is 17.8 Å². The Morgan fingerprint density at radius 3 is 2.52 bits per heavy atom. The largest absolute Gasteiger partial charge is 0.322 e. The van der Waals surface area contributed by atoms with E-state index >= 15 is 0 Å². The first-order valence-electron chi connectivity index (χ1n) is 5.84. The van der Waals surface area contributed by atoms with E-state index in [2.05, 4.69) is 10.3 Å².